The zero-order valence-corrected chi connectivity index (χ0v) is 11.6. The second kappa shape index (κ2) is 7.17. The van der Waals surface area contributed by atoms with Gasteiger partial charge in [0, 0.05) is 19.3 Å². The first kappa shape index (κ1) is 14.7. The smallest absolute Gasteiger partial charge is 0.233 e. The number of carbonyl (C=O) groups excluding carboxylic acids is 1. The molecule has 0 aliphatic heterocycles. The topological polar surface area (TPSA) is 29.5 Å². The fourth-order valence-electron chi connectivity index (χ4n) is 1.92. The average Bonchev–Trinajstić information content (AvgIpc) is 2.38. The molecule has 0 aliphatic carbocycles. The Hall–Kier alpha value is -1.35. The molecule has 0 saturated heterocycles. The van der Waals surface area contributed by atoms with Crippen molar-refractivity contribution in [3.8, 4) is 0 Å². The van der Waals surface area contributed by atoms with E-state index in [1.165, 1.54) is 0 Å². The molecular formula is C15H22NO2. The lowest BCUT2D eigenvalue weighted by Gasteiger charge is -2.23. The van der Waals surface area contributed by atoms with Gasteiger partial charge in [0.05, 0.1) is 12.0 Å². The van der Waals surface area contributed by atoms with Gasteiger partial charge in [-0.05, 0) is 39.3 Å². The maximum atomic E-state index is 12.2. The lowest BCUT2D eigenvalue weighted by molar-refractivity contribution is -0.117. The van der Waals surface area contributed by atoms with E-state index in [9.17, 15) is 4.79 Å². The molecule has 3 nitrogen and oxygen atoms in total. The molecule has 1 aromatic carbocycles. The summed E-state index contributed by atoms with van der Waals surface area (Å²) in [7, 11) is 1.80. The summed E-state index contributed by atoms with van der Waals surface area (Å²) in [5.74, 6) is 0.870. The summed E-state index contributed by atoms with van der Waals surface area (Å²) in [4.78, 5) is 13.9. The van der Waals surface area contributed by atoms with E-state index in [1.54, 1.807) is 11.9 Å². The van der Waals surface area contributed by atoms with Crippen molar-refractivity contribution in [1.29, 1.82) is 0 Å². The Kier molecular flexibility index (Phi) is 5.86. The molecule has 99 valence electrons. The number of ether oxygens (including phenoxy) is 1. The molecule has 1 unspecified atom stereocenters. The Morgan fingerprint density at radius 2 is 1.94 bits per heavy atom. The van der Waals surface area contributed by atoms with E-state index in [0.29, 0.717) is 13.0 Å². The van der Waals surface area contributed by atoms with Gasteiger partial charge in [0.15, 0.2) is 0 Å². The summed E-state index contributed by atoms with van der Waals surface area (Å²) in [5.41, 5.74) is 0.908. The fourth-order valence-corrected chi connectivity index (χ4v) is 1.92. The third-order valence-electron chi connectivity index (χ3n) is 2.86. The first-order valence-electron chi connectivity index (χ1n) is 6.33. The normalized spacial score (nSPS) is 12.5. The van der Waals surface area contributed by atoms with Crippen LogP contribution in [-0.4, -0.2) is 25.7 Å². The molecule has 1 amide bonds. The number of hydrogen-bond acceptors (Lipinski definition) is 2. The minimum Gasteiger partial charge on any atom is -0.379 e. The van der Waals surface area contributed by atoms with E-state index in [0.717, 1.165) is 11.6 Å². The molecule has 0 saturated carbocycles. The predicted molar refractivity (Wildman–Crippen MR) is 74.5 cm³/mol. The van der Waals surface area contributed by atoms with Crippen molar-refractivity contribution >= 4 is 11.6 Å². The van der Waals surface area contributed by atoms with Gasteiger partial charge in [-0.25, -0.2) is 0 Å². The highest BCUT2D eigenvalue weighted by molar-refractivity contribution is 6.02. The molecule has 1 rings (SSSR count). The zero-order valence-electron chi connectivity index (χ0n) is 11.6. The van der Waals surface area contributed by atoms with Gasteiger partial charge in [0.2, 0.25) is 5.91 Å². The first-order valence-corrected chi connectivity index (χ1v) is 6.33. The molecule has 1 atom stereocenters. The molecule has 0 N–H and O–H groups in total. The SMILES string of the molecule is CCOC(C)C[C](C)C(=O)N(C)c1ccccc1. The standard InChI is InChI=1S/C15H22NO2/c1-5-18-13(3)11-12(2)15(17)16(4)14-9-7-6-8-10-14/h6-10,13H,5,11H2,1-4H3. The third-order valence-corrected chi connectivity index (χ3v) is 2.86. The van der Waals surface area contributed by atoms with Crippen LogP contribution >= 0.6 is 0 Å². The number of benzene rings is 1. The van der Waals surface area contributed by atoms with Crippen LogP contribution in [-0.2, 0) is 9.53 Å². The molecule has 3 heteroatoms. The van der Waals surface area contributed by atoms with Crippen molar-refractivity contribution in [2.45, 2.75) is 33.3 Å². The molecule has 1 aromatic rings. The van der Waals surface area contributed by atoms with E-state index in [4.69, 9.17) is 4.74 Å². The number of rotatable bonds is 6. The Labute approximate surface area is 110 Å². The van der Waals surface area contributed by atoms with Gasteiger partial charge in [-0.2, -0.15) is 0 Å². The second-order valence-corrected chi connectivity index (χ2v) is 4.45. The van der Waals surface area contributed by atoms with Crippen molar-refractivity contribution in [3.05, 3.63) is 36.2 Å². The van der Waals surface area contributed by atoms with Crippen molar-refractivity contribution < 1.29 is 9.53 Å². The highest BCUT2D eigenvalue weighted by Crippen LogP contribution is 2.18. The van der Waals surface area contributed by atoms with E-state index in [-0.39, 0.29) is 12.0 Å². The largest absolute Gasteiger partial charge is 0.379 e. The molecular weight excluding hydrogens is 226 g/mol. The minimum atomic E-state index is 0.0488. The maximum absolute atomic E-state index is 12.2. The van der Waals surface area contributed by atoms with Gasteiger partial charge in [-0.3, -0.25) is 4.79 Å². The van der Waals surface area contributed by atoms with E-state index in [1.807, 2.05) is 51.1 Å². The lowest BCUT2D eigenvalue weighted by atomic mass is 10.0. The molecule has 18 heavy (non-hydrogen) atoms. The predicted octanol–water partition coefficient (Wildman–Crippen LogP) is 3.06. The lowest BCUT2D eigenvalue weighted by Crippen LogP contribution is -2.32. The van der Waals surface area contributed by atoms with Crippen LogP contribution in [0.3, 0.4) is 0 Å². The summed E-state index contributed by atoms with van der Waals surface area (Å²) in [6.45, 7) is 6.50. The van der Waals surface area contributed by atoms with Crippen LogP contribution in [0.4, 0.5) is 5.69 Å². The number of anilines is 1. The molecule has 1 radical (unpaired) electrons. The van der Waals surface area contributed by atoms with E-state index < -0.39 is 0 Å². The van der Waals surface area contributed by atoms with Gasteiger partial charge in [0.1, 0.15) is 0 Å². The Morgan fingerprint density at radius 1 is 1.33 bits per heavy atom. The summed E-state index contributed by atoms with van der Waals surface area (Å²) in [6.07, 6.45) is 0.757. The summed E-state index contributed by atoms with van der Waals surface area (Å²) in [6, 6.07) is 9.65. The molecule has 0 spiro atoms. The van der Waals surface area contributed by atoms with Crippen LogP contribution in [0, 0.1) is 5.92 Å². The fraction of sp³-hybridized carbons (Fsp3) is 0.467. The molecule has 0 aromatic heterocycles. The number of amides is 1. The zero-order chi connectivity index (χ0) is 13.5. The van der Waals surface area contributed by atoms with Crippen molar-refractivity contribution in [1.82, 2.24) is 0 Å². The van der Waals surface area contributed by atoms with Crippen LogP contribution in [0.2, 0.25) is 0 Å². The number of para-hydroxylation sites is 1. The Morgan fingerprint density at radius 3 is 2.50 bits per heavy atom. The summed E-state index contributed by atoms with van der Waals surface area (Å²) in [5, 5.41) is 0. The molecule has 0 heterocycles. The number of carbonyl (C=O) groups is 1. The minimum absolute atomic E-state index is 0.0488. The first-order chi connectivity index (χ1) is 8.56. The van der Waals surface area contributed by atoms with Crippen LogP contribution in [0.5, 0.6) is 0 Å². The van der Waals surface area contributed by atoms with Crippen molar-refractivity contribution in [2.75, 3.05) is 18.6 Å². The monoisotopic (exact) mass is 248 g/mol. The molecule has 0 fully saturated rings. The number of hydrogen-bond donors (Lipinski definition) is 0. The summed E-state index contributed by atoms with van der Waals surface area (Å²) >= 11 is 0. The van der Waals surface area contributed by atoms with E-state index >= 15 is 0 Å². The highest BCUT2D eigenvalue weighted by atomic mass is 16.5. The quantitative estimate of drug-likeness (QED) is 0.774. The van der Waals surface area contributed by atoms with Crippen LogP contribution in [0.25, 0.3) is 0 Å². The van der Waals surface area contributed by atoms with Crippen molar-refractivity contribution in [2.24, 2.45) is 0 Å². The highest BCUT2D eigenvalue weighted by Gasteiger charge is 2.21. The van der Waals surface area contributed by atoms with E-state index in [2.05, 4.69) is 0 Å². The van der Waals surface area contributed by atoms with Crippen LogP contribution < -0.4 is 4.90 Å². The number of nitrogens with zero attached hydrogens (tertiary/aromatic N) is 1. The van der Waals surface area contributed by atoms with Gasteiger partial charge in [-0.1, -0.05) is 18.2 Å². The average molecular weight is 248 g/mol. The maximum Gasteiger partial charge on any atom is 0.233 e. The third kappa shape index (κ3) is 4.15. The van der Waals surface area contributed by atoms with Gasteiger partial charge < -0.3 is 9.64 Å². The Balaban J connectivity index is 2.58. The van der Waals surface area contributed by atoms with Crippen LogP contribution in [0.1, 0.15) is 27.2 Å². The van der Waals surface area contributed by atoms with Gasteiger partial charge in [-0.15, -0.1) is 0 Å². The summed E-state index contributed by atoms with van der Waals surface area (Å²) < 4.78 is 5.46. The molecule has 0 aliphatic rings. The second-order valence-electron chi connectivity index (χ2n) is 4.45. The van der Waals surface area contributed by atoms with Crippen molar-refractivity contribution in [3.63, 3.8) is 0 Å². The molecule has 0 bridgehead atoms. The van der Waals surface area contributed by atoms with Gasteiger partial charge >= 0.3 is 0 Å². The van der Waals surface area contributed by atoms with Gasteiger partial charge in [0.25, 0.3) is 0 Å². The Bertz CT molecular complexity index is 364. The van der Waals surface area contributed by atoms with Crippen LogP contribution in [0.15, 0.2) is 30.3 Å².